The van der Waals surface area contributed by atoms with Gasteiger partial charge in [0.2, 0.25) is 0 Å². The molecular formula is C7H7. The summed E-state index contributed by atoms with van der Waals surface area (Å²) >= 11 is 0. The molecule has 0 amide bonds. The van der Waals surface area contributed by atoms with Crippen molar-refractivity contribution < 1.29 is 0 Å². The number of hydrogen-bond donors (Lipinski definition) is 0. The Hall–Kier alpha value is -0.700. The first-order valence-corrected chi connectivity index (χ1v) is 2.55. The molecule has 0 spiro atoms. The molecule has 0 heterocycles. The Morgan fingerprint density at radius 3 is 2.86 bits per heavy atom. The van der Waals surface area contributed by atoms with E-state index in [1.165, 1.54) is 6.42 Å². The van der Waals surface area contributed by atoms with Gasteiger partial charge in [0.15, 0.2) is 0 Å². The predicted octanol–water partition coefficient (Wildman–Crippen LogP) is 1.69. The summed E-state index contributed by atoms with van der Waals surface area (Å²) in [7, 11) is 0. The molecule has 0 bridgehead atoms. The highest BCUT2D eigenvalue weighted by Crippen LogP contribution is 2.15. The second-order valence-corrected chi connectivity index (χ2v) is 1.75. The Kier molecular flexibility index (Phi) is 1.17. The van der Waals surface area contributed by atoms with E-state index < -0.39 is 0 Å². The van der Waals surface area contributed by atoms with Gasteiger partial charge in [-0.1, -0.05) is 12.0 Å². The Labute approximate surface area is 44.2 Å². The van der Waals surface area contributed by atoms with Gasteiger partial charge in [-0.25, -0.2) is 0 Å². The van der Waals surface area contributed by atoms with Crippen molar-refractivity contribution in [3.63, 3.8) is 0 Å². The van der Waals surface area contributed by atoms with Crippen LogP contribution in [0, 0.1) is 12.3 Å². The molecule has 0 heteroatoms. The van der Waals surface area contributed by atoms with Crippen LogP contribution in [0.1, 0.15) is 19.3 Å². The zero-order valence-electron chi connectivity index (χ0n) is 4.20. The van der Waals surface area contributed by atoms with Gasteiger partial charge in [-0.05, 0) is 31.3 Å². The molecule has 0 N–H and O–H groups in total. The summed E-state index contributed by atoms with van der Waals surface area (Å²) in [5, 5.41) is 0. The summed E-state index contributed by atoms with van der Waals surface area (Å²) in [5.74, 6) is 2.38. The van der Waals surface area contributed by atoms with Gasteiger partial charge in [0.25, 0.3) is 0 Å². The van der Waals surface area contributed by atoms with Crippen molar-refractivity contribution in [3.05, 3.63) is 18.1 Å². The van der Waals surface area contributed by atoms with Crippen LogP contribution in [0.15, 0.2) is 11.6 Å². The van der Waals surface area contributed by atoms with E-state index in [0.717, 1.165) is 18.4 Å². The molecule has 0 aliphatic heterocycles. The molecular weight excluding hydrogens is 84.1 g/mol. The average Bonchev–Trinajstić information content (AvgIpc) is 2.14. The lowest BCUT2D eigenvalue weighted by Crippen LogP contribution is -1.64. The quantitative estimate of drug-likeness (QED) is 0.398. The Morgan fingerprint density at radius 2 is 2.57 bits per heavy atom. The van der Waals surface area contributed by atoms with Crippen molar-refractivity contribution in [1.82, 2.24) is 0 Å². The monoisotopic (exact) mass is 91.1 g/mol. The van der Waals surface area contributed by atoms with Gasteiger partial charge in [0.05, 0.1) is 0 Å². The number of rotatable bonds is 0. The second-order valence-electron chi connectivity index (χ2n) is 1.75. The van der Waals surface area contributed by atoms with Gasteiger partial charge in [-0.3, -0.25) is 0 Å². The largest absolute Gasteiger partial charge is 0.0729 e. The maximum atomic E-state index is 6.68. The predicted molar refractivity (Wildman–Crippen MR) is 29.1 cm³/mol. The van der Waals surface area contributed by atoms with Gasteiger partial charge < -0.3 is 0 Å². The van der Waals surface area contributed by atoms with E-state index in [9.17, 15) is 0 Å². The molecule has 0 aromatic carbocycles. The molecule has 35 valence electrons. The molecule has 0 atom stereocenters. The lowest BCUT2D eigenvalue weighted by molar-refractivity contribution is 0.919. The maximum Gasteiger partial charge on any atom is -0.000918 e. The van der Waals surface area contributed by atoms with Crippen LogP contribution >= 0.6 is 0 Å². The van der Waals surface area contributed by atoms with Crippen LogP contribution in [0.4, 0.5) is 0 Å². The first-order chi connectivity index (χ1) is 3.43. The Morgan fingerprint density at radius 1 is 1.71 bits per heavy atom. The van der Waals surface area contributed by atoms with E-state index in [1.807, 2.05) is 0 Å². The van der Waals surface area contributed by atoms with Gasteiger partial charge in [-0.2, -0.15) is 0 Å². The standard InChI is InChI=1S/C7H7/c1-2-7-5-3-4-6-7/h5H,3-4,6H2. The SMILES string of the molecule is [C]#CC1=CCCC1. The zero-order valence-corrected chi connectivity index (χ0v) is 4.20. The third-order valence-corrected chi connectivity index (χ3v) is 1.20. The van der Waals surface area contributed by atoms with E-state index in [-0.39, 0.29) is 0 Å². The van der Waals surface area contributed by atoms with Crippen LogP contribution in [0.5, 0.6) is 0 Å². The molecule has 0 saturated heterocycles. The van der Waals surface area contributed by atoms with Crippen molar-refractivity contribution in [2.45, 2.75) is 19.3 Å². The van der Waals surface area contributed by atoms with Gasteiger partial charge in [0.1, 0.15) is 0 Å². The van der Waals surface area contributed by atoms with Crippen LogP contribution in [-0.2, 0) is 0 Å². The summed E-state index contributed by atoms with van der Waals surface area (Å²) in [5.41, 5.74) is 1.08. The van der Waals surface area contributed by atoms with E-state index in [2.05, 4.69) is 12.0 Å². The molecule has 0 unspecified atom stereocenters. The fourth-order valence-corrected chi connectivity index (χ4v) is 0.784. The van der Waals surface area contributed by atoms with Crippen molar-refractivity contribution in [2.75, 3.05) is 0 Å². The smallest absolute Gasteiger partial charge is 0.000918 e. The summed E-state index contributed by atoms with van der Waals surface area (Å²) < 4.78 is 0. The molecule has 0 nitrogen and oxygen atoms in total. The third kappa shape index (κ3) is 0.838. The van der Waals surface area contributed by atoms with Crippen LogP contribution in [0.3, 0.4) is 0 Å². The maximum absolute atomic E-state index is 6.68. The van der Waals surface area contributed by atoms with Crippen molar-refractivity contribution >= 4 is 0 Å². The van der Waals surface area contributed by atoms with E-state index in [4.69, 9.17) is 6.42 Å². The van der Waals surface area contributed by atoms with E-state index in [0.29, 0.717) is 0 Å². The molecule has 1 rings (SSSR count). The third-order valence-electron chi connectivity index (χ3n) is 1.20. The highest BCUT2D eigenvalue weighted by Gasteiger charge is 1.98. The number of allylic oxidation sites excluding steroid dienone is 2. The van der Waals surface area contributed by atoms with Crippen LogP contribution < -0.4 is 0 Å². The van der Waals surface area contributed by atoms with Crippen LogP contribution in [-0.4, -0.2) is 0 Å². The molecule has 0 saturated carbocycles. The Bertz CT molecular complexity index is 123. The lowest BCUT2D eigenvalue weighted by atomic mass is 10.2. The Balaban J connectivity index is 2.57. The van der Waals surface area contributed by atoms with Gasteiger partial charge >= 0.3 is 0 Å². The molecule has 1 aliphatic rings. The molecule has 7 heavy (non-hydrogen) atoms. The van der Waals surface area contributed by atoms with Crippen molar-refractivity contribution in [3.8, 4) is 5.92 Å². The average molecular weight is 91.1 g/mol. The zero-order chi connectivity index (χ0) is 5.11. The number of hydrogen-bond acceptors (Lipinski definition) is 0. The van der Waals surface area contributed by atoms with Crippen molar-refractivity contribution in [1.29, 1.82) is 0 Å². The first kappa shape index (κ1) is 4.46. The van der Waals surface area contributed by atoms with Crippen LogP contribution in [0.2, 0.25) is 0 Å². The molecule has 1 aliphatic carbocycles. The topological polar surface area (TPSA) is 0 Å². The minimum Gasteiger partial charge on any atom is -0.0729 e. The van der Waals surface area contributed by atoms with Crippen molar-refractivity contribution in [2.24, 2.45) is 0 Å². The highest BCUT2D eigenvalue weighted by atomic mass is 14.0. The summed E-state index contributed by atoms with van der Waals surface area (Å²) in [6.07, 6.45) is 12.2. The fourth-order valence-electron chi connectivity index (χ4n) is 0.784. The van der Waals surface area contributed by atoms with Crippen LogP contribution in [0.25, 0.3) is 0 Å². The minimum atomic E-state index is 1.07. The van der Waals surface area contributed by atoms with E-state index in [1.54, 1.807) is 0 Å². The molecule has 0 aromatic heterocycles. The molecule has 0 fully saturated rings. The summed E-state index contributed by atoms with van der Waals surface area (Å²) in [6.45, 7) is 0. The normalized spacial score (nSPS) is 18.4. The molecule has 1 radical (unpaired) electrons. The minimum absolute atomic E-state index is 1.07. The molecule has 0 aromatic rings. The lowest BCUT2D eigenvalue weighted by Gasteiger charge is -1.79. The summed E-state index contributed by atoms with van der Waals surface area (Å²) in [6, 6.07) is 0. The van der Waals surface area contributed by atoms with E-state index >= 15 is 0 Å². The second kappa shape index (κ2) is 1.84. The summed E-state index contributed by atoms with van der Waals surface area (Å²) in [4.78, 5) is 0. The fraction of sp³-hybridized carbons (Fsp3) is 0.429. The first-order valence-electron chi connectivity index (χ1n) is 2.55. The van der Waals surface area contributed by atoms with Gasteiger partial charge in [0, 0.05) is 0 Å². The highest BCUT2D eigenvalue weighted by molar-refractivity contribution is 5.25. The van der Waals surface area contributed by atoms with Gasteiger partial charge in [-0.15, -0.1) is 0 Å².